The van der Waals surface area contributed by atoms with Crippen LogP contribution < -0.4 is 5.73 Å². The second-order valence-electron chi connectivity index (χ2n) is 4.87. The smallest absolute Gasteiger partial charge is 0.0163 e. The zero-order valence-electron chi connectivity index (χ0n) is 9.28. The van der Waals surface area contributed by atoms with Gasteiger partial charge in [-0.3, -0.25) is 4.90 Å². The van der Waals surface area contributed by atoms with Gasteiger partial charge in [0.25, 0.3) is 0 Å². The Morgan fingerprint density at radius 1 is 1.36 bits per heavy atom. The Hall–Kier alpha value is 0.270. The number of nitrogens with two attached hydrogens (primary N) is 1. The lowest BCUT2D eigenvalue weighted by atomic mass is 9.97. The van der Waals surface area contributed by atoms with Crippen LogP contribution in [-0.2, 0) is 0 Å². The Labute approximate surface area is 91.6 Å². The number of hydrogen-bond acceptors (Lipinski definition) is 3. The van der Waals surface area contributed by atoms with E-state index in [1.807, 2.05) is 11.8 Å². The molecule has 0 aromatic rings. The van der Waals surface area contributed by atoms with E-state index < -0.39 is 0 Å². The molecule has 2 saturated heterocycles. The average Bonchev–Trinajstić information content (AvgIpc) is 2.39. The Bertz CT molecular complexity index is 184. The van der Waals surface area contributed by atoms with Gasteiger partial charge in [-0.05, 0) is 38.9 Å². The van der Waals surface area contributed by atoms with E-state index in [2.05, 4.69) is 18.1 Å². The summed E-state index contributed by atoms with van der Waals surface area (Å²) >= 11 is 1.96. The molecule has 0 radical (unpaired) electrons. The van der Waals surface area contributed by atoms with Gasteiger partial charge >= 0.3 is 0 Å². The van der Waals surface area contributed by atoms with E-state index in [1.165, 1.54) is 31.4 Å². The minimum Gasteiger partial charge on any atom is -0.328 e. The predicted molar refractivity (Wildman–Crippen MR) is 63.7 cm³/mol. The van der Waals surface area contributed by atoms with Gasteiger partial charge < -0.3 is 5.73 Å². The van der Waals surface area contributed by atoms with E-state index in [0.717, 1.165) is 18.1 Å². The van der Waals surface area contributed by atoms with Crippen LogP contribution in [0, 0.1) is 0 Å². The Morgan fingerprint density at radius 2 is 1.93 bits per heavy atom. The van der Waals surface area contributed by atoms with Gasteiger partial charge in [-0.2, -0.15) is 11.8 Å². The van der Waals surface area contributed by atoms with Crippen molar-refractivity contribution < 1.29 is 0 Å². The summed E-state index contributed by atoms with van der Waals surface area (Å²) in [5.41, 5.74) is 6.06. The summed E-state index contributed by atoms with van der Waals surface area (Å²) in [6, 6.07) is 2.82. The molecule has 2 heterocycles. The Morgan fingerprint density at radius 3 is 2.43 bits per heavy atom. The highest BCUT2D eigenvalue weighted by Crippen LogP contribution is 2.36. The summed E-state index contributed by atoms with van der Waals surface area (Å²) in [7, 11) is 0. The van der Waals surface area contributed by atoms with Gasteiger partial charge in [0.2, 0.25) is 0 Å². The summed E-state index contributed by atoms with van der Waals surface area (Å²) in [6.45, 7) is 2.37. The standard InChI is InChI=1S/C11H22N2S/c1-8(7-14-2)13-10-3-4-11(13)6-9(12)5-10/h8-11H,3-7,12H2,1-2H3/t8?,9?,10-,11+. The van der Waals surface area contributed by atoms with Crippen LogP contribution in [0.25, 0.3) is 0 Å². The first kappa shape index (κ1) is 10.8. The van der Waals surface area contributed by atoms with Crippen molar-refractivity contribution in [2.75, 3.05) is 12.0 Å². The van der Waals surface area contributed by atoms with Gasteiger partial charge in [0, 0.05) is 29.9 Å². The van der Waals surface area contributed by atoms with Crippen LogP contribution in [0.2, 0.25) is 0 Å². The summed E-state index contributed by atoms with van der Waals surface area (Å²) < 4.78 is 0. The fourth-order valence-electron chi connectivity index (χ4n) is 3.30. The third kappa shape index (κ3) is 1.95. The molecular formula is C11H22N2S. The van der Waals surface area contributed by atoms with Gasteiger partial charge in [-0.25, -0.2) is 0 Å². The zero-order chi connectivity index (χ0) is 10.1. The minimum atomic E-state index is 0.477. The van der Waals surface area contributed by atoms with Gasteiger partial charge in [0.1, 0.15) is 0 Å². The van der Waals surface area contributed by atoms with E-state index in [9.17, 15) is 0 Å². The third-order valence-electron chi connectivity index (χ3n) is 3.74. The second-order valence-corrected chi connectivity index (χ2v) is 5.78. The van der Waals surface area contributed by atoms with Gasteiger partial charge in [0.15, 0.2) is 0 Å². The van der Waals surface area contributed by atoms with Crippen LogP contribution in [-0.4, -0.2) is 41.1 Å². The quantitative estimate of drug-likeness (QED) is 0.775. The molecule has 82 valence electrons. The van der Waals surface area contributed by atoms with Crippen LogP contribution in [0.1, 0.15) is 32.6 Å². The molecule has 2 nitrogen and oxygen atoms in total. The molecule has 0 amide bonds. The van der Waals surface area contributed by atoms with E-state index in [0.29, 0.717) is 6.04 Å². The fraction of sp³-hybridized carbons (Fsp3) is 1.00. The number of piperidine rings is 1. The van der Waals surface area contributed by atoms with Crippen molar-refractivity contribution >= 4 is 11.8 Å². The predicted octanol–water partition coefficient (Wildman–Crippen LogP) is 1.69. The fourth-order valence-corrected chi connectivity index (χ4v) is 3.96. The molecule has 14 heavy (non-hydrogen) atoms. The number of thioether (sulfide) groups is 1. The van der Waals surface area contributed by atoms with Crippen molar-refractivity contribution in [2.45, 2.75) is 56.8 Å². The maximum Gasteiger partial charge on any atom is 0.0163 e. The molecule has 3 heteroatoms. The molecule has 2 rings (SSSR count). The van der Waals surface area contributed by atoms with Crippen molar-refractivity contribution in [2.24, 2.45) is 5.73 Å². The molecule has 2 fully saturated rings. The number of nitrogens with zero attached hydrogens (tertiary/aromatic N) is 1. The summed E-state index contributed by atoms with van der Waals surface area (Å²) in [5, 5.41) is 0. The van der Waals surface area contributed by atoms with Crippen LogP contribution in [0.15, 0.2) is 0 Å². The molecule has 2 bridgehead atoms. The van der Waals surface area contributed by atoms with Crippen LogP contribution in [0.3, 0.4) is 0 Å². The van der Waals surface area contributed by atoms with Gasteiger partial charge in [-0.1, -0.05) is 0 Å². The lowest BCUT2D eigenvalue weighted by molar-refractivity contribution is 0.0958. The number of fused-ring (bicyclic) bond motifs is 2. The van der Waals surface area contributed by atoms with Crippen molar-refractivity contribution in [3.63, 3.8) is 0 Å². The average molecular weight is 214 g/mol. The van der Waals surface area contributed by atoms with Crippen molar-refractivity contribution in [3.05, 3.63) is 0 Å². The van der Waals surface area contributed by atoms with Crippen LogP contribution in [0.5, 0.6) is 0 Å². The lowest BCUT2D eigenvalue weighted by Crippen LogP contribution is -2.51. The third-order valence-corrected chi connectivity index (χ3v) is 4.56. The highest BCUT2D eigenvalue weighted by molar-refractivity contribution is 7.98. The monoisotopic (exact) mass is 214 g/mol. The van der Waals surface area contributed by atoms with Crippen molar-refractivity contribution in [1.29, 1.82) is 0 Å². The summed E-state index contributed by atoms with van der Waals surface area (Å²) in [6.07, 6.45) is 7.44. The van der Waals surface area contributed by atoms with E-state index in [4.69, 9.17) is 5.73 Å². The first-order valence-electron chi connectivity index (χ1n) is 5.74. The molecule has 0 spiro atoms. The van der Waals surface area contributed by atoms with Crippen LogP contribution in [0.4, 0.5) is 0 Å². The molecule has 2 unspecified atom stereocenters. The highest BCUT2D eigenvalue weighted by atomic mass is 32.2. The molecule has 0 saturated carbocycles. The Balaban J connectivity index is 1.99. The maximum atomic E-state index is 6.06. The minimum absolute atomic E-state index is 0.477. The van der Waals surface area contributed by atoms with E-state index in [1.54, 1.807) is 0 Å². The van der Waals surface area contributed by atoms with E-state index >= 15 is 0 Å². The van der Waals surface area contributed by atoms with Gasteiger partial charge in [0.05, 0.1) is 0 Å². The molecule has 2 N–H and O–H groups in total. The first-order chi connectivity index (χ1) is 6.72. The normalized spacial score (nSPS) is 40.1. The number of hydrogen-bond donors (Lipinski definition) is 1. The first-order valence-corrected chi connectivity index (χ1v) is 7.13. The lowest BCUT2D eigenvalue weighted by Gasteiger charge is -2.41. The highest BCUT2D eigenvalue weighted by Gasteiger charge is 2.41. The van der Waals surface area contributed by atoms with Crippen LogP contribution >= 0.6 is 11.8 Å². The molecule has 0 aromatic carbocycles. The topological polar surface area (TPSA) is 29.3 Å². The molecule has 2 aliphatic rings. The van der Waals surface area contributed by atoms with E-state index in [-0.39, 0.29) is 0 Å². The number of rotatable bonds is 3. The maximum absolute atomic E-state index is 6.06. The molecular weight excluding hydrogens is 192 g/mol. The van der Waals surface area contributed by atoms with Gasteiger partial charge in [-0.15, -0.1) is 0 Å². The summed E-state index contributed by atoms with van der Waals surface area (Å²) in [5.74, 6) is 1.27. The van der Waals surface area contributed by atoms with Crippen molar-refractivity contribution in [3.8, 4) is 0 Å². The Kier molecular flexibility index (Phi) is 3.40. The zero-order valence-corrected chi connectivity index (χ0v) is 10.1. The molecule has 0 aliphatic carbocycles. The molecule has 0 aromatic heterocycles. The van der Waals surface area contributed by atoms with Crippen molar-refractivity contribution in [1.82, 2.24) is 4.90 Å². The largest absolute Gasteiger partial charge is 0.328 e. The molecule has 2 aliphatic heterocycles. The SMILES string of the molecule is CSCC(C)N1[C@@H]2CC[C@H]1CC(N)C2. The molecule has 4 atom stereocenters. The second kappa shape index (κ2) is 4.42. The summed E-state index contributed by atoms with van der Waals surface area (Å²) in [4.78, 5) is 2.75.